The van der Waals surface area contributed by atoms with Gasteiger partial charge in [-0.3, -0.25) is 9.59 Å². The van der Waals surface area contributed by atoms with Gasteiger partial charge >= 0.3 is 11.9 Å². The monoisotopic (exact) mass is 746 g/mol. The quantitative estimate of drug-likeness (QED) is 0.0205. The SMILES string of the molecule is CC/C=C/C=C/C=C/CCCCCCCCCC(=O)OC(COCCC(C(=O)[O-])[N+](C)(C)C)COC(=O)CCCCC/C=C/CCCCCCCCC. The lowest BCUT2D eigenvalue weighted by molar-refractivity contribution is -0.889. The van der Waals surface area contributed by atoms with Gasteiger partial charge in [-0.2, -0.15) is 0 Å². The lowest BCUT2D eigenvalue weighted by Crippen LogP contribution is -2.55. The molecule has 8 nitrogen and oxygen atoms in total. The average Bonchev–Trinajstić information content (AvgIpc) is 3.11. The van der Waals surface area contributed by atoms with Crippen LogP contribution in [0, 0.1) is 0 Å². The van der Waals surface area contributed by atoms with Gasteiger partial charge in [-0.05, 0) is 57.8 Å². The summed E-state index contributed by atoms with van der Waals surface area (Å²) >= 11 is 0. The molecular formula is C45H79NO7. The highest BCUT2D eigenvalue weighted by Crippen LogP contribution is 2.13. The minimum absolute atomic E-state index is 0.0303. The van der Waals surface area contributed by atoms with Gasteiger partial charge in [0.1, 0.15) is 12.6 Å². The molecule has 0 N–H and O–H groups in total. The van der Waals surface area contributed by atoms with E-state index in [1.165, 1.54) is 64.2 Å². The Balaban J connectivity index is 4.41. The standard InChI is InChI=1S/C45H79NO7/c1-6-8-10-12-14-16-18-20-22-24-26-28-30-32-34-36-44(48)53-41(39-51-38-37-42(45(49)50)46(3,4)5)40-52-43(47)35-33-31-29-27-25-23-21-19-17-15-13-11-9-7-2/h8,10,12,14,16,18,23,25,41-42H,6-7,9,11,13,15,17,19-22,24,26-40H2,1-5H3/b10-8+,14-12+,18-16+,25-23+. The zero-order valence-electron chi connectivity index (χ0n) is 34.7. The Hall–Kier alpha value is -2.71. The predicted molar refractivity (Wildman–Crippen MR) is 217 cm³/mol. The van der Waals surface area contributed by atoms with Gasteiger partial charge < -0.3 is 28.6 Å². The largest absolute Gasteiger partial charge is 0.544 e. The molecular weight excluding hydrogens is 666 g/mol. The zero-order valence-corrected chi connectivity index (χ0v) is 34.7. The number of likely N-dealkylation sites (N-methyl/N-ethyl adjacent to an activating group) is 1. The zero-order chi connectivity index (χ0) is 39.3. The van der Waals surface area contributed by atoms with Gasteiger partial charge in [-0.25, -0.2) is 0 Å². The maximum absolute atomic E-state index is 12.7. The Morgan fingerprint density at radius 3 is 1.62 bits per heavy atom. The van der Waals surface area contributed by atoms with Gasteiger partial charge in [0.05, 0.1) is 40.3 Å². The summed E-state index contributed by atoms with van der Waals surface area (Å²) in [5, 5.41) is 11.6. The van der Waals surface area contributed by atoms with Crippen molar-refractivity contribution in [1.29, 1.82) is 0 Å². The number of ether oxygens (including phenoxy) is 3. The normalized spacial score (nSPS) is 13.5. The van der Waals surface area contributed by atoms with E-state index in [2.05, 4.69) is 62.5 Å². The summed E-state index contributed by atoms with van der Waals surface area (Å²) in [4.78, 5) is 36.8. The van der Waals surface area contributed by atoms with E-state index in [9.17, 15) is 19.5 Å². The number of hydrogen-bond acceptors (Lipinski definition) is 7. The maximum atomic E-state index is 12.7. The molecule has 2 atom stereocenters. The smallest absolute Gasteiger partial charge is 0.306 e. The predicted octanol–water partition coefficient (Wildman–Crippen LogP) is 9.91. The van der Waals surface area contributed by atoms with Crippen LogP contribution in [0.4, 0.5) is 0 Å². The molecule has 8 heteroatoms. The third-order valence-electron chi connectivity index (χ3n) is 9.26. The van der Waals surface area contributed by atoms with Crippen LogP contribution in [0.5, 0.6) is 0 Å². The van der Waals surface area contributed by atoms with Gasteiger partial charge in [0, 0.05) is 19.3 Å². The van der Waals surface area contributed by atoms with E-state index < -0.39 is 18.1 Å². The highest BCUT2D eigenvalue weighted by molar-refractivity contribution is 5.70. The van der Waals surface area contributed by atoms with Gasteiger partial charge in [0.2, 0.25) is 0 Å². The fraction of sp³-hybridized carbons (Fsp3) is 0.756. The lowest BCUT2D eigenvalue weighted by Gasteiger charge is -2.34. The first-order valence-corrected chi connectivity index (χ1v) is 21.2. The number of nitrogens with zero attached hydrogens (tertiary/aromatic N) is 1. The molecule has 53 heavy (non-hydrogen) atoms. The van der Waals surface area contributed by atoms with Crippen LogP contribution in [0.25, 0.3) is 0 Å². The number of carboxylic acids is 1. The van der Waals surface area contributed by atoms with Crippen molar-refractivity contribution in [3.8, 4) is 0 Å². The van der Waals surface area contributed by atoms with Crippen LogP contribution in [0.3, 0.4) is 0 Å². The van der Waals surface area contributed by atoms with Crippen molar-refractivity contribution >= 4 is 17.9 Å². The number of aliphatic carboxylic acids is 1. The number of carboxylic acid groups (broad SMARTS) is 1. The molecule has 0 aromatic rings. The molecule has 306 valence electrons. The minimum Gasteiger partial charge on any atom is -0.544 e. The lowest BCUT2D eigenvalue weighted by atomic mass is 10.1. The molecule has 0 heterocycles. The molecule has 0 amide bonds. The minimum atomic E-state index is -1.13. The molecule has 0 aromatic heterocycles. The molecule has 0 aromatic carbocycles. The van der Waals surface area contributed by atoms with Crippen molar-refractivity contribution in [2.24, 2.45) is 0 Å². The van der Waals surface area contributed by atoms with E-state index in [1.54, 1.807) is 21.1 Å². The molecule has 2 unspecified atom stereocenters. The molecule has 0 aliphatic rings. The summed E-state index contributed by atoms with van der Waals surface area (Å²) in [7, 11) is 5.39. The molecule has 0 aliphatic carbocycles. The van der Waals surface area contributed by atoms with Crippen molar-refractivity contribution in [3.63, 3.8) is 0 Å². The highest BCUT2D eigenvalue weighted by Gasteiger charge is 2.25. The van der Waals surface area contributed by atoms with Crippen molar-refractivity contribution in [2.75, 3.05) is 41.0 Å². The summed E-state index contributed by atoms with van der Waals surface area (Å²) in [6.45, 7) is 4.49. The van der Waals surface area contributed by atoms with Crippen LogP contribution in [0.2, 0.25) is 0 Å². The van der Waals surface area contributed by atoms with Crippen LogP contribution >= 0.6 is 0 Å². The maximum Gasteiger partial charge on any atom is 0.306 e. The average molecular weight is 746 g/mol. The van der Waals surface area contributed by atoms with E-state index >= 15 is 0 Å². The van der Waals surface area contributed by atoms with Crippen molar-refractivity contribution in [3.05, 3.63) is 48.6 Å². The van der Waals surface area contributed by atoms with Crippen molar-refractivity contribution in [1.82, 2.24) is 0 Å². The summed E-state index contributed by atoms with van der Waals surface area (Å²) in [5.74, 6) is -1.77. The molecule has 0 saturated carbocycles. The van der Waals surface area contributed by atoms with Crippen LogP contribution in [0.15, 0.2) is 48.6 Å². The highest BCUT2D eigenvalue weighted by atomic mass is 16.6. The molecule has 0 fully saturated rings. The molecule has 0 aliphatic heterocycles. The van der Waals surface area contributed by atoms with E-state index in [-0.39, 0.29) is 42.7 Å². The van der Waals surface area contributed by atoms with Crippen LogP contribution in [-0.4, -0.2) is 75.5 Å². The first-order valence-electron chi connectivity index (χ1n) is 21.2. The van der Waals surface area contributed by atoms with Crippen molar-refractivity contribution < 1.29 is 38.2 Å². The van der Waals surface area contributed by atoms with Crippen LogP contribution < -0.4 is 5.11 Å². The van der Waals surface area contributed by atoms with E-state index in [4.69, 9.17) is 14.2 Å². The number of quaternary nitrogens is 1. The van der Waals surface area contributed by atoms with Crippen molar-refractivity contribution in [2.45, 2.75) is 180 Å². The van der Waals surface area contributed by atoms with Crippen LogP contribution in [0.1, 0.15) is 168 Å². The molecule has 0 rings (SSSR count). The number of hydrogen-bond donors (Lipinski definition) is 0. The summed E-state index contributed by atoms with van der Waals surface area (Å²) < 4.78 is 17.1. The summed E-state index contributed by atoms with van der Waals surface area (Å²) in [6, 6.07) is -0.730. The fourth-order valence-corrected chi connectivity index (χ4v) is 5.95. The third-order valence-corrected chi connectivity index (χ3v) is 9.26. The fourth-order valence-electron chi connectivity index (χ4n) is 5.95. The Bertz CT molecular complexity index is 1010. The topological polar surface area (TPSA) is 102 Å². The van der Waals surface area contributed by atoms with Gasteiger partial charge in [0.15, 0.2) is 6.10 Å². The Kier molecular flexibility index (Phi) is 34.4. The second-order valence-corrected chi connectivity index (χ2v) is 15.3. The third kappa shape index (κ3) is 34.8. The Morgan fingerprint density at radius 1 is 0.585 bits per heavy atom. The van der Waals surface area contributed by atoms with Crippen LogP contribution in [-0.2, 0) is 28.6 Å². The molecule has 0 radical (unpaired) electrons. The molecule has 0 saturated heterocycles. The number of unbranched alkanes of at least 4 members (excludes halogenated alkanes) is 17. The Labute approximate surface area is 325 Å². The van der Waals surface area contributed by atoms with Gasteiger partial charge in [0.25, 0.3) is 0 Å². The number of allylic oxidation sites excluding steroid dienone is 8. The summed E-state index contributed by atoms with van der Waals surface area (Å²) in [6.07, 6.45) is 41.3. The number of esters is 2. The van der Waals surface area contributed by atoms with Gasteiger partial charge in [-0.15, -0.1) is 0 Å². The van der Waals surface area contributed by atoms with E-state index in [0.717, 1.165) is 70.6 Å². The number of carbonyl (C=O) groups is 3. The number of rotatable bonds is 37. The molecule has 0 spiro atoms. The van der Waals surface area contributed by atoms with E-state index in [0.29, 0.717) is 12.8 Å². The van der Waals surface area contributed by atoms with Gasteiger partial charge in [-0.1, -0.05) is 140 Å². The Morgan fingerprint density at radius 2 is 1.08 bits per heavy atom. The second-order valence-electron chi connectivity index (χ2n) is 15.3. The second kappa shape index (κ2) is 36.3. The number of carbonyl (C=O) groups excluding carboxylic acids is 3. The first kappa shape index (κ1) is 50.3. The summed E-state index contributed by atoms with van der Waals surface area (Å²) in [5.41, 5.74) is 0. The van der Waals surface area contributed by atoms with E-state index in [1.807, 2.05) is 0 Å². The first-order chi connectivity index (χ1) is 25.6. The molecule has 0 bridgehead atoms.